The van der Waals surface area contributed by atoms with Gasteiger partial charge in [-0.25, -0.2) is 8.42 Å². The van der Waals surface area contributed by atoms with Crippen LogP contribution in [0.1, 0.15) is 25.3 Å². The SMILES string of the molecule is COc1ccc(N([C@H](C)C(=O)NC[C@@H](C)c2ccccc2)S(C)(=O)=O)cc1. The molecule has 6 nitrogen and oxygen atoms in total. The molecule has 0 aliphatic heterocycles. The van der Waals surface area contributed by atoms with Crippen molar-refractivity contribution in [3.63, 3.8) is 0 Å². The molecule has 7 heteroatoms. The van der Waals surface area contributed by atoms with Crippen LogP contribution in [0.4, 0.5) is 5.69 Å². The Kier molecular flexibility index (Phi) is 6.85. The average molecular weight is 391 g/mol. The van der Waals surface area contributed by atoms with Crippen molar-refractivity contribution in [3.8, 4) is 5.75 Å². The van der Waals surface area contributed by atoms with Crippen molar-refractivity contribution in [2.45, 2.75) is 25.8 Å². The van der Waals surface area contributed by atoms with Crippen molar-refractivity contribution in [2.75, 3.05) is 24.2 Å². The van der Waals surface area contributed by atoms with E-state index in [-0.39, 0.29) is 11.8 Å². The predicted octanol–water partition coefficient (Wildman–Crippen LogP) is 2.77. The van der Waals surface area contributed by atoms with E-state index in [0.29, 0.717) is 18.0 Å². The van der Waals surface area contributed by atoms with Gasteiger partial charge < -0.3 is 10.1 Å². The standard InChI is InChI=1S/C20H26N2O4S/c1-15(17-8-6-5-7-9-17)14-21-20(23)16(2)22(27(4,24)25)18-10-12-19(26-3)13-11-18/h5-13,15-16H,14H2,1-4H3,(H,21,23)/t15-,16-/m1/s1. The third kappa shape index (κ3) is 5.47. The summed E-state index contributed by atoms with van der Waals surface area (Å²) >= 11 is 0. The number of carbonyl (C=O) groups is 1. The third-order valence-corrected chi connectivity index (χ3v) is 5.61. The minimum absolute atomic E-state index is 0.120. The van der Waals surface area contributed by atoms with E-state index in [1.807, 2.05) is 37.3 Å². The molecule has 0 fully saturated rings. The molecule has 27 heavy (non-hydrogen) atoms. The molecule has 0 saturated heterocycles. The van der Waals surface area contributed by atoms with Gasteiger partial charge in [0.15, 0.2) is 0 Å². The molecule has 0 saturated carbocycles. The van der Waals surface area contributed by atoms with Crippen LogP contribution in [0, 0.1) is 0 Å². The normalized spacial score (nSPS) is 13.5. The van der Waals surface area contributed by atoms with Crippen LogP contribution >= 0.6 is 0 Å². The molecule has 0 aliphatic rings. The molecule has 0 unspecified atom stereocenters. The first-order valence-electron chi connectivity index (χ1n) is 8.70. The molecular weight excluding hydrogens is 364 g/mol. The Bertz CT molecular complexity index is 851. The third-order valence-electron chi connectivity index (χ3n) is 4.37. The summed E-state index contributed by atoms with van der Waals surface area (Å²) in [5.74, 6) is 0.384. The Labute approximate surface area is 161 Å². The molecule has 2 aromatic carbocycles. The highest BCUT2D eigenvalue weighted by molar-refractivity contribution is 7.92. The number of sulfonamides is 1. The fourth-order valence-electron chi connectivity index (χ4n) is 2.84. The molecule has 146 valence electrons. The number of ether oxygens (including phenoxy) is 1. The quantitative estimate of drug-likeness (QED) is 0.752. The molecule has 0 spiro atoms. The Morgan fingerprint density at radius 1 is 1.07 bits per heavy atom. The molecule has 1 amide bonds. The van der Waals surface area contributed by atoms with Crippen molar-refractivity contribution < 1.29 is 17.9 Å². The topological polar surface area (TPSA) is 75.7 Å². The lowest BCUT2D eigenvalue weighted by Crippen LogP contribution is -2.48. The van der Waals surface area contributed by atoms with Gasteiger partial charge in [0.25, 0.3) is 0 Å². The van der Waals surface area contributed by atoms with Gasteiger partial charge in [-0.15, -0.1) is 0 Å². The molecular formula is C20H26N2O4S. The van der Waals surface area contributed by atoms with Crippen molar-refractivity contribution in [3.05, 3.63) is 60.2 Å². The fourth-order valence-corrected chi connectivity index (χ4v) is 4.01. The molecule has 0 bridgehead atoms. The largest absolute Gasteiger partial charge is 0.497 e. The van der Waals surface area contributed by atoms with Gasteiger partial charge in [-0.3, -0.25) is 9.10 Å². The van der Waals surface area contributed by atoms with Crippen LogP contribution < -0.4 is 14.4 Å². The second-order valence-corrected chi connectivity index (χ2v) is 8.35. The number of anilines is 1. The van der Waals surface area contributed by atoms with Gasteiger partial charge in [0.2, 0.25) is 15.9 Å². The number of hydrogen-bond donors (Lipinski definition) is 1. The van der Waals surface area contributed by atoms with Crippen LogP contribution in [-0.2, 0) is 14.8 Å². The zero-order valence-electron chi connectivity index (χ0n) is 16.0. The molecule has 2 atom stereocenters. The minimum Gasteiger partial charge on any atom is -0.497 e. The Morgan fingerprint density at radius 2 is 1.67 bits per heavy atom. The highest BCUT2D eigenvalue weighted by Gasteiger charge is 2.29. The summed E-state index contributed by atoms with van der Waals surface area (Å²) in [6.07, 6.45) is 1.09. The van der Waals surface area contributed by atoms with Gasteiger partial charge in [-0.05, 0) is 42.7 Å². The number of rotatable bonds is 8. The summed E-state index contributed by atoms with van der Waals surface area (Å²) < 4.78 is 30.8. The molecule has 2 rings (SSSR count). The molecule has 0 radical (unpaired) electrons. The van der Waals surface area contributed by atoms with E-state index in [0.717, 1.165) is 16.1 Å². The van der Waals surface area contributed by atoms with E-state index in [4.69, 9.17) is 4.74 Å². The molecule has 1 N–H and O–H groups in total. The second-order valence-electron chi connectivity index (χ2n) is 6.49. The zero-order chi connectivity index (χ0) is 20.0. The summed E-state index contributed by atoms with van der Waals surface area (Å²) in [5.41, 5.74) is 1.53. The Morgan fingerprint density at radius 3 is 2.19 bits per heavy atom. The Balaban J connectivity index is 2.12. The molecule has 0 aliphatic carbocycles. The maximum Gasteiger partial charge on any atom is 0.243 e. The van der Waals surface area contributed by atoms with E-state index in [9.17, 15) is 13.2 Å². The lowest BCUT2D eigenvalue weighted by Gasteiger charge is -2.28. The van der Waals surface area contributed by atoms with E-state index in [1.54, 1.807) is 31.2 Å². The van der Waals surface area contributed by atoms with Crippen LogP contribution in [0.15, 0.2) is 54.6 Å². The van der Waals surface area contributed by atoms with Crippen LogP contribution in [0.25, 0.3) is 0 Å². The first kappa shape index (κ1) is 20.8. The minimum atomic E-state index is -3.64. The van der Waals surface area contributed by atoms with Crippen LogP contribution in [-0.4, -0.2) is 40.3 Å². The van der Waals surface area contributed by atoms with Crippen molar-refractivity contribution >= 4 is 21.6 Å². The number of benzene rings is 2. The maximum absolute atomic E-state index is 12.6. The average Bonchev–Trinajstić information content (AvgIpc) is 2.66. The molecule has 0 aromatic heterocycles. The van der Waals surface area contributed by atoms with Gasteiger partial charge >= 0.3 is 0 Å². The van der Waals surface area contributed by atoms with Gasteiger partial charge in [-0.1, -0.05) is 37.3 Å². The number of carbonyl (C=O) groups excluding carboxylic acids is 1. The number of methoxy groups -OCH3 is 1. The summed E-state index contributed by atoms with van der Waals surface area (Å²) in [6.45, 7) is 4.01. The van der Waals surface area contributed by atoms with Crippen LogP contribution in [0.2, 0.25) is 0 Å². The predicted molar refractivity (Wildman–Crippen MR) is 108 cm³/mol. The lowest BCUT2D eigenvalue weighted by atomic mass is 10.0. The zero-order valence-corrected chi connectivity index (χ0v) is 16.9. The summed E-state index contributed by atoms with van der Waals surface area (Å²) in [7, 11) is -2.11. The van der Waals surface area contributed by atoms with Crippen molar-refractivity contribution in [2.24, 2.45) is 0 Å². The molecule has 0 heterocycles. The fraction of sp³-hybridized carbons (Fsp3) is 0.350. The van der Waals surface area contributed by atoms with Crippen molar-refractivity contribution in [1.29, 1.82) is 0 Å². The van der Waals surface area contributed by atoms with Gasteiger partial charge in [-0.2, -0.15) is 0 Å². The highest BCUT2D eigenvalue weighted by atomic mass is 32.2. The van der Waals surface area contributed by atoms with Crippen molar-refractivity contribution in [1.82, 2.24) is 5.32 Å². The van der Waals surface area contributed by atoms with E-state index in [1.165, 1.54) is 7.11 Å². The highest BCUT2D eigenvalue weighted by Crippen LogP contribution is 2.24. The number of amides is 1. The van der Waals surface area contributed by atoms with Gasteiger partial charge in [0.05, 0.1) is 19.1 Å². The van der Waals surface area contributed by atoms with E-state index < -0.39 is 16.1 Å². The Hall–Kier alpha value is -2.54. The van der Waals surface area contributed by atoms with Gasteiger partial charge in [0.1, 0.15) is 11.8 Å². The second kappa shape index (κ2) is 8.90. The summed E-state index contributed by atoms with van der Waals surface area (Å²) in [4.78, 5) is 12.6. The number of nitrogens with one attached hydrogen (secondary N) is 1. The number of hydrogen-bond acceptors (Lipinski definition) is 4. The lowest BCUT2D eigenvalue weighted by molar-refractivity contribution is -0.121. The monoisotopic (exact) mass is 390 g/mol. The molecule has 2 aromatic rings. The maximum atomic E-state index is 12.6. The van der Waals surface area contributed by atoms with Gasteiger partial charge in [0, 0.05) is 6.54 Å². The van der Waals surface area contributed by atoms with E-state index >= 15 is 0 Å². The van der Waals surface area contributed by atoms with Crippen LogP contribution in [0.5, 0.6) is 5.75 Å². The summed E-state index contributed by atoms with van der Waals surface area (Å²) in [6, 6.07) is 15.5. The summed E-state index contributed by atoms with van der Waals surface area (Å²) in [5, 5.41) is 2.86. The first-order valence-corrected chi connectivity index (χ1v) is 10.5. The first-order chi connectivity index (χ1) is 12.7. The smallest absolute Gasteiger partial charge is 0.243 e. The number of nitrogens with zero attached hydrogens (tertiary/aromatic N) is 1. The van der Waals surface area contributed by atoms with Crippen LogP contribution in [0.3, 0.4) is 0 Å². The van der Waals surface area contributed by atoms with E-state index in [2.05, 4.69) is 5.32 Å².